The number of carbonyl (C=O) groups is 1. The number of para-hydroxylation sites is 1. The van der Waals surface area contributed by atoms with Crippen molar-refractivity contribution < 1.29 is 4.79 Å². The molecule has 3 aromatic rings. The quantitative estimate of drug-likeness (QED) is 0.552. The van der Waals surface area contributed by atoms with Gasteiger partial charge in [-0.15, -0.1) is 0 Å². The van der Waals surface area contributed by atoms with Crippen LogP contribution >= 0.6 is 0 Å². The first-order chi connectivity index (χ1) is 13.6. The summed E-state index contributed by atoms with van der Waals surface area (Å²) in [6, 6.07) is 17.9. The van der Waals surface area contributed by atoms with Crippen molar-refractivity contribution in [1.82, 2.24) is 15.2 Å². The molecule has 4 rings (SSSR count). The van der Waals surface area contributed by atoms with Gasteiger partial charge in [0, 0.05) is 31.0 Å². The van der Waals surface area contributed by atoms with Crippen LogP contribution in [0.5, 0.6) is 0 Å². The fraction of sp³-hybridized carbons (Fsp3) is 0.227. The molecule has 1 amide bonds. The fourth-order valence-corrected chi connectivity index (χ4v) is 3.48. The minimum absolute atomic E-state index is 0.269. The van der Waals surface area contributed by atoms with Gasteiger partial charge in [-0.3, -0.25) is 4.79 Å². The van der Waals surface area contributed by atoms with Crippen LogP contribution < -0.4 is 10.3 Å². The average molecular weight is 373 g/mol. The summed E-state index contributed by atoms with van der Waals surface area (Å²) in [6.45, 7) is 0. The topological polar surface area (TPSA) is 62.5 Å². The SMILES string of the molecule is CN(C)c1ccc(/C=N/NC(=O)c2nn(-c3ccccc3)c3c2CCC3)cc1. The molecule has 142 valence electrons. The summed E-state index contributed by atoms with van der Waals surface area (Å²) in [4.78, 5) is 14.7. The zero-order chi connectivity index (χ0) is 19.5. The van der Waals surface area contributed by atoms with E-state index in [0.717, 1.165) is 47.5 Å². The largest absolute Gasteiger partial charge is 0.378 e. The highest BCUT2D eigenvalue weighted by Crippen LogP contribution is 2.27. The van der Waals surface area contributed by atoms with Gasteiger partial charge in [-0.25, -0.2) is 10.1 Å². The number of benzene rings is 2. The van der Waals surface area contributed by atoms with Crippen molar-refractivity contribution in [3.05, 3.63) is 77.1 Å². The molecule has 28 heavy (non-hydrogen) atoms. The van der Waals surface area contributed by atoms with Crippen LogP contribution in [0.3, 0.4) is 0 Å². The maximum atomic E-state index is 12.7. The Balaban J connectivity index is 1.51. The normalized spacial score (nSPS) is 12.9. The van der Waals surface area contributed by atoms with E-state index in [4.69, 9.17) is 0 Å². The van der Waals surface area contributed by atoms with Crippen molar-refractivity contribution in [2.24, 2.45) is 5.10 Å². The van der Waals surface area contributed by atoms with Gasteiger partial charge in [-0.1, -0.05) is 30.3 Å². The third-order valence-electron chi connectivity index (χ3n) is 4.94. The van der Waals surface area contributed by atoms with E-state index in [-0.39, 0.29) is 5.91 Å². The lowest BCUT2D eigenvalue weighted by Gasteiger charge is -2.11. The maximum Gasteiger partial charge on any atom is 0.292 e. The molecule has 0 bridgehead atoms. The molecule has 6 nitrogen and oxygen atoms in total. The van der Waals surface area contributed by atoms with Gasteiger partial charge >= 0.3 is 0 Å². The van der Waals surface area contributed by atoms with E-state index in [2.05, 4.69) is 15.6 Å². The van der Waals surface area contributed by atoms with Crippen LogP contribution in [-0.4, -0.2) is 36.0 Å². The Labute approximate surface area is 164 Å². The number of aromatic nitrogens is 2. The summed E-state index contributed by atoms with van der Waals surface area (Å²) in [5, 5.41) is 8.70. The third kappa shape index (κ3) is 3.53. The van der Waals surface area contributed by atoms with Crippen molar-refractivity contribution in [3.8, 4) is 5.69 Å². The van der Waals surface area contributed by atoms with Gasteiger partial charge in [0.15, 0.2) is 5.69 Å². The lowest BCUT2D eigenvalue weighted by Crippen LogP contribution is -2.20. The molecular formula is C22H23N5O. The average Bonchev–Trinajstić information content (AvgIpc) is 3.31. The first-order valence-electron chi connectivity index (χ1n) is 9.40. The van der Waals surface area contributed by atoms with Gasteiger partial charge in [0.1, 0.15) is 0 Å². The Morgan fingerprint density at radius 1 is 1.11 bits per heavy atom. The lowest BCUT2D eigenvalue weighted by molar-refractivity contribution is 0.0949. The third-order valence-corrected chi connectivity index (χ3v) is 4.94. The second-order valence-electron chi connectivity index (χ2n) is 7.06. The summed E-state index contributed by atoms with van der Waals surface area (Å²) in [5.74, 6) is -0.269. The van der Waals surface area contributed by atoms with Crippen molar-refractivity contribution in [2.45, 2.75) is 19.3 Å². The summed E-state index contributed by atoms with van der Waals surface area (Å²) in [6.07, 6.45) is 4.50. The van der Waals surface area contributed by atoms with Crippen molar-refractivity contribution in [1.29, 1.82) is 0 Å². The van der Waals surface area contributed by atoms with E-state index < -0.39 is 0 Å². The number of hydrogen-bond donors (Lipinski definition) is 1. The Bertz CT molecular complexity index is 1000. The molecule has 6 heteroatoms. The molecular weight excluding hydrogens is 350 g/mol. The van der Waals surface area contributed by atoms with Crippen LogP contribution in [0.15, 0.2) is 59.7 Å². The highest BCUT2D eigenvalue weighted by Gasteiger charge is 2.26. The van der Waals surface area contributed by atoms with Crippen molar-refractivity contribution in [3.63, 3.8) is 0 Å². The molecule has 0 unspecified atom stereocenters. The standard InChI is InChI=1S/C22H23N5O/c1-26(2)17-13-11-16(12-14-17)15-23-24-22(28)21-19-9-6-10-20(19)27(25-21)18-7-4-3-5-8-18/h3-5,7-8,11-15H,6,9-10H2,1-2H3,(H,24,28)/b23-15+. The molecule has 0 aliphatic heterocycles. The Morgan fingerprint density at radius 2 is 1.86 bits per heavy atom. The molecule has 0 saturated carbocycles. The van der Waals surface area contributed by atoms with Gasteiger partial charge in [0.2, 0.25) is 0 Å². The number of nitrogens with zero attached hydrogens (tertiary/aromatic N) is 4. The molecule has 1 aliphatic rings. The number of hydrogen-bond acceptors (Lipinski definition) is 4. The maximum absolute atomic E-state index is 12.7. The number of rotatable bonds is 5. The Hall–Kier alpha value is -3.41. The number of nitrogens with one attached hydrogen (secondary N) is 1. The van der Waals surface area contributed by atoms with Gasteiger partial charge in [-0.05, 0) is 49.1 Å². The second-order valence-corrected chi connectivity index (χ2v) is 7.06. The molecule has 0 fully saturated rings. The van der Waals surface area contributed by atoms with Gasteiger partial charge in [-0.2, -0.15) is 10.2 Å². The predicted octanol–water partition coefficient (Wildman–Crippen LogP) is 3.19. The molecule has 1 aromatic heterocycles. The van der Waals surface area contributed by atoms with E-state index in [1.54, 1.807) is 6.21 Å². The first kappa shape index (κ1) is 18.0. The van der Waals surface area contributed by atoms with E-state index in [1.165, 1.54) is 0 Å². The smallest absolute Gasteiger partial charge is 0.292 e. The number of carbonyl (C=O) groups excluding carboxylic acids is 1. The molecule has 1 aliphatic carbocycles. The van der Waals surface area contributed by atoms with Crippen LogP contribution in [0.4, 0.5) is 5.69 Å². The Morgan fingerprint density at radius 3 is 2.57 bits per heavy atom. The zero-order valence-electron chi connectivity index (χ0n) is 16.1. The fourth-order valence-electron chi connectivity index (χ4n) is 3.48. The van der Waals surface area contributed by atoms with E-state index in [0.29, 0.717) is 5.69 Å². The van der Waals surface area contributed by atoms with E-state index >= 15 is 0 Å². The number of fused-ring (bicyclic) bond motifs is 1. The second kappa shape index (κ2) is 7.68. The lowest BCUT2D eigenvalue weighted by atomic mass is 10.2. The summed E-state index contributed by atoms with van der Waals surface area (Å²) in [5.41, 5.74) is 8.26. The minimum atomic E-state index is -0.269. The number of amides is 1. The van der Waals surface area contributed by atoms with E-state index in [1.807, 2.05) is 78.3 Å². The molecule has 0 spiro atoms. The predicted molar refractivity (Wildman–Crippen MR) is 111 cm³/mol. The summed E-state index contributed by atoms with van der Waals surface area (Å²) in [7, 11) is 3.99. The highest BCUT2D eigenvalue weighted by molar-refractivity contribution is 5.95. The molecule has 0 saturated heterocycles. The van der Waals surface area contributed by atoms with Crippen molar-refractivity contribution in [2.75, 3.05) is 19.0 Å². The van der Waals surface area contributed by atoms with Gasteiger partial charge in [0.25, 0.3) is 5.91 Å². The Kier molecular flexibility index (Phi) is 4.93. The van der Waals surface area contributed by atoms with Crippen LogP contribution in [0.1, 0.15) is 33.7 Å². The molecule has 2 aromatic carbocycles. The van der Waals surface area contributed by atoms with Crippen LogP contribution in [-0.2, 0) is 12.8 Å². The minimum Gasteiger partial charge on any atom is -0.378 e. The van der Waals surface area contributed by atoms with Crippen molar-refractivity contribution >= 4 is 17.8 Å². The van der Waals surface area contributed by atoms with Crippen LogP contribution in [0.2, 0.25) is 0 Å². The van der Waals surface area contributed by atoms with Crippen LogP contribution in [0.25, 0.3) is 5.69 Å². The van der Waals surface area contributed by atoms with Gasteiger partial charge in [0.05, 0.1) is 11.9 Å². The molecule has 0 radical (unpaired) electrons. The monoisotopic (exact) mass is 373 g/mol. The van der Waals surface area contributed by atoms with E-state index in [9.17, 15) is 4.79 Å². The zero-order valence-corrected chi connectivity index (χ0v) is 16.1. The number of anilines is 1. The summed E-state index contributed by atoms with van der Waals surface area (Å²) >= 11 is 0. The summed E-state index contributed by atoms with van der Waals surface area (Å²) < 4.78 is 1.89. The first-order valence-corrected chi connectivity index (χ1v) is 9.40. The molecule has 1 N–H and O–H groups in total. The number of hydrazone groups is 1. The van der Waals surface area contributed by atoms with Gasteiger partial charge < -0.3 is 4.90 Å². The molecule has 1 heterocycles. The highest BCUT2D eigenvalue weighted by atomic mass is 16.2. The molecule has 0 atom stereocenters. The van der Waals surface area contributed by atoms with Crippen LogP contribution in [0, 0.1) is 0 Å².